The van der Waals surface area contributed by atoms with Crippen molar-refractivity contribution in [2.45, 2.75) is 18.4 Å². The number of hydrogen-bond acceptors (Lipinski definition) is 4. The first-order valence-electron chi connectivity index (χ1n) is 8.98. The summed E-state index contributed by atoms with van der Waals surface area (Å²) in [5, 5.41) is 0. The minimum atomic E-state index is -3.49. The van der Waals surface area contributed by atoms with Gasteiger partial charge in [0.1, 0.15) is 0 Å². The van der Waals surface area contributed by atoms with Gasteiger partial charge in [0.15, 0.2) is 9.84 Å². The van der Waals surface area contributed by atoms with Crippen molar-refractivity contribution in [3.8, 4) is 0 Å². The molecule has 6 heteroatoms. The first kappa shape index (κ1) is 19.8. The van der Waals surface area contributed by atoms with Gasteiger partial charge in [-0.2, -0.15) is 0 Å². The van der Waals surface area contributed by atoms with Crippen molar-refractivity contribution in [1.29, 1.82) is 0 Å². The highest BCUT2D eigenvalue weighted by atomic mass is 32.2. The molecule has 0 aliphatic heterocycles. The van der Waals surface area contributed by atoms with Crippen LogP contribution in [0.4, 0.5) is 0 Å². The molecule has 0 atom stereocenters. The third-order valence-corrected chi connectivity index (χ3v) is 6.12. The number of sulfone groups is 1. The Kier molecular flexibility index (Phi) is 6.21. The van der Waals surface area contributed by atoms with Crippen LogP contribution in [0.15, 0.2) is 84.0 Å². The maximum Gasteiger partial charge on any atom is 0.254 e. The molecule has 1 aromatic heterocycles. The van der Waals surface area contributed by atoms with E-state index in [4.69, 9.17) is 0 Å². The first-order valence-corrected chi connectivity index (χ1v) is 10.6. The van der Waals surface area contributed by atoms with Gasteiger partial charge in [-0.05, 0) is 42.8 Å². The molecule has 28 heavy (non-hydrogen) atoms. The van der Waals surface area contributed by atoms with Gasteiger partial charge in [-0.15, -0.1) is 0 Å². The molecule has 0 aliphatic carbocycles. The lowest BCUT2D eigenvalue weighted by atomic mass is 10.2. The molecule has 1 heterocycles. The molecule has 0 saturated carbocycles. The standard InChI is InChI=1S/C22H22N2O3S/c1-18-9-11-21(12-10-18)28(26,27)15-14-24(17-19-6-5-13-23-16-19)22(25)20-7-3-2-4-8-20/h2-13,16H,14-15,17H2,1H3. The van der Waals surface area contributed by atoms with E-state index < -0.39 is 9.84 Å². The summed E-state index contributed by atoms with van der Waals surface area (Å²) in [5.74, 6) is -0.349. The van der Waals surface area contributed by atoms with Crippen LogP contribution in [-0.4, -0.2) is 36.5 Å². The summed E-state index contributed by atoms with van der Waals surface area (Å²) in [6.45, 7) is 2.30. The van der Waals surface area contributed by atoms with Crippen molar-refractivity contribution in [3.05, 3.63) is 95.8 Å². The second-order valence-electron chi connectivity index (χ2n) is 6.59. The minimum Gasteiger partial charge on any atom is -0.333 e. The Balaban J connectivity index is 1.80. The van der Waals surface area contributed by atoms with Crippen LogP contribution in [0.2, 0.25) is 0 Å². The van der Waals surface area contributed by atoms with Gasteiger partial charge in [0.2, 0.25) is 0 Å². The van der Waals surface area contributed by atoms with Gasteiger partial charge >= 0.3 is 0 Å². The monoisotopic (exact) mass is 394 g/mol. The molecule has 0 N–H and O–H groups in total. The zero-order chi connectivity index (χ0) is 20.0. The quantitative estimate of drug-likeness (QED) is 0.615. The number of rotatable bonds is 7. The molecule has 0 unspecified atom stereocenters. The highest BCUT2D eigenvalue weighted by molar-refractivity contribution is 7.91. The molecule has 144 valence electrons. The van der Waals surface area contributed by atoms with Gasteiger partial charge in [-0.25, -0.2) is 8.42 Å². The summed E-state index contributed by atoms with van der Waals surface area (Å²) in [6.07, 6.45) is 3.34. The van der Waals surface area contributed by atoms with Crippen molar-refractivity contribution < 1.29 is 13.2 Å². The van der Waals surface area contributed by atoms with Gasteiger partial charge in [0.05, 0.1) is 10.6 Å². The highest BCUT2D eigenvalue weighted by Crippen LogP contribution is 2.15. The topological polar surface area (TPSA) is 67.3 Å². The smallest absolute Gasteiger partial charge is 0.254 e. The fourth-order valence-corrected chi connectivity index (χ4v) is 4.07. The van der Waals surface area contributed by atoms with E-state index in [1.807, 2.05) is 19.1 Å². The Morgan fingerprint density at radius 2 is 1.68 bits per heavy atom. The maximum atomic E-state index is 13.0. The second kappa shape index (κ2) is 8.80. The van der Waals surface area contributed by atoms with Gasteiger partial charge in [0, 0.05) is 31.0 Å². The Labute approximate surface area is 165 Å². The van der Waals surface area contributed by atoms with E-state index in [-0.39, 0.29) is 23.1 Å². The van der Waals surface area contributed by atoms with Crippen molar-refractivity contribution >= 4 is 15.7 Å². The summed E-state index contributed by atoms with van der Waals surface area (Å²) in [5.41, 5.74) is 2.37. The van der Waals surface area contributed by atoms with Crippen LogP contribution >= 0.6 is 0 Å². The van der Waals surface area contributed by atoms with E-state index in [1.54, 1.807) is 71.9 Å². The number of carbonyl (C=O) groups is 1. The first-order chi connectivity index (χ1) is 13.5. The van der Waals surface area contributed by atoms with Crippen LogP contribution < -0.4 is 0 Å². The molecule has 5 nitrogen and oxygen atoms in total. The van der Waals surface area contributed by atoms with E-state index in [2.05, 4.69) is 4.98 Å². The van der Waals surface area contributed by atoms with E-state index in [1.165, 1.54) is 0 Å². The average Bonchev–Trinajstić information content (AvgIpc) is 2.72. The van der Waals surface area contributed by atoms with E-state index in [0.717, 1.165) is 11.1 Å². The molecule has 0 saturated heterocycles. The van der Waals surface area contributed by atoms with Crippen LogP contribution in [-0.2, 0) is 16.4 Å². The predicted octanol–water partition coefficient (Wildman–Crippen LogP) is 3.51. The SMILES string of the molecule is Cc1ccc(S(=O)(=O)CCN(Cc2cccnc2)C(=O)c2ccccc2)cc1. The fraction of sp³-hybridized carbons (Fsp3) is 0.182. The Bertz CT molecular complexity index is 1020. The number of nitrogens with zero attached hydrogens (tertiary/aromatic N) is 2. The highest BCUT2D eigenvalue weighted by Gasteiger charge is 2.21. The Morgan fingerprint density at radius 3 is 2.32 bits per heavy atom. The molecule has 0 spiro atoms. The molecule has 3 aromatic rings. The normalized spacial score (nSPS) is 11.2. The van der Waals surface area contributed by atoms with Gasteiger partial charge in [-0.3, -0.25) is 9.78 Å². The molecular weight excluding hydrogens is 372 g/mol. The summed E-state index contributed by atoms with van der Waals surface area (Å²) in [7, 11) is -3.49. The number of aromatic nitrogens is 1. The average molecular weight is 394 g/mol. The molecule has 0 bridgehead atoms. The second-order valence-corrected chi connectivity index (χ2v) is 8.70. The van der Waals surface area contributed by atoms with Crippen molar-refractivity contribution in [2.24, 2.45) is 0 Å². The number of carbonyl (C=O) groups excluding carboxylic acids is 1. The summed E-state index contributed by atoms with van der Waals surface area (Å²) in [6, 6.07) is 19.3. The van der Waals surface area contributed by atoms with Crippen LogP contribution in [0.5, 0.6) is 0 Å². The summed E-state index contributed by atoms with van der Waals surface area (Å²) in [4.78, 5) is 18.9. The molecule has 0 aliphatic rings. The van der Waals surface area contributed by atoms with Crippen molar-refractivity contribution in [1.82, 2.24) is 9.88 Å². The van der Waals surface area contributed by atoms with Crippen molar-refractivity contribution in [2.75, 3.05) is 12.3 Å². The fourth-order valence-electron chi connectivity index (χ4n) is 2.82. The number of amides is 1. The molecule has 3 rings (SSSR count). The van der Waals surface area contributed by atoms with Gasteiger partial charge in [0.25, 0.3) is 5.91 Å². The van der Waals surface area contributed by atoms with Crippen LogP contribution in [0.3, 0.4) is 0 Å². The molecular formula is C22H22N2O3S. The summed E-state index contributed by atoms with van der Waals surface area (Å²) < 4.78 is 25.4. The third-order valence-electron chi connectivity index (χ3n) is 4.41. The van der Waals surface area contributed by atoms with Gasteiger partial charge in [-0.1, -0.05) is 42.0 Å². The zero-order valence-electron chi connectivity index (χ0n) is 15.7. The van der Waals surface area contributed by atoms with E-state index >= 15 is 0 Å². The molecule has 0 fully saturated rings. The lowest BCUT2D eigenvalue weighted by molar-refractivity contribution is 0.0753. The predicted molar refractivity (Wildman–Crippen MR) is 109 cm³/mol. The largest absolute Gasteiger partial charge is 0.333 e. The minimum absolute atomic E-state index is 0.0961. The summed E-state index contributed by atoms with van der Waals surface area (Å²) >= 11 is 0. The van der Waals surface area contributed by atoms with E-state index in [0.29, 0.717) is 12.1 Å². The lowest BCUT2D eigenvalue weighted by Gasteiger charge is -2.23. The van der Waals surface area contributed by atoms with E-state index in [9.17, 15) is 13.2 Å². The molecule has 2 aromatic carbocycles. The molecule has 0 radical (unpaired) electrons. The number of aryl methyl sites for hydroxylation is 1. The van der Waals surface area contributed by atoms with Crippen LogP contribution in [0, 0.1) is 6.92 Å². The zero-order valence-corrected chi connectivity index (χ0v) is 16.5. The van der Waals surface area contributed by atoms with Crippen molar-refractivity contribution in [3.63, 3.8) is 0 Å². The molecule has 1 amide bonds. The lowest BCUT2D eigenvalue weighted by Crippen LogP contribution is -2.34. The Morgan fingerprint density at radius 1 is 0.964 bits per heavy atom. The number of pyridine rings is 1. The van der Waals surface area contributed by atoms with Gasteiger partial charge < -0.3 is 4.90 Å². The number of benzene rings is 2. The van der Waals surface area contributed by atoms with Crippen LogP contribution in [0.25, 0.3) is 0 Å². The number of hydrogen-bond donors (Lipinski definition) is 0. The maximum absolute atomic E-state index is 13.0. The third kappa shape index (κ3) is 5.04. The Hall–Kier alpha value is -2.99. The van der Waals surface area contributed by atoms with Crippen LogP contribution in [0.1, 0.15) is 21.5 Å².